The summed E-state index contributed by atoms with van der Waals surface area (Å²) in [4.78, 5) is 10.3. The monoisotopic (exact) mass is 471 g/mol. The zero-order valence-electron chi connectivity index (χ0n) is 20.0. The fourth-order valence-electron chi connectivity index (χ4n) is 5.58. The first-order valence-corrected chi connectivity index (χ1v) is 12.5. The zero-order chi connectivity index (χ0) is 24.3. The molecule has 0 aliphatic heterocycles. The van der Waals surface area contributed by atoms with Crippen LogP contribution in [0.3, 0.4) is 0 Å². The van der Waals surface area contributed by atoms with Crippen LogP contribution in [0, 0.1) is 0 Å². The van der Waals surface area contributed by atoms with Gasteiger partial charge in [0.1, 0.15) is 5.52 Å². The number of aromatic nitrogens is 3. The van der Waals surface area contributed by atoms with Gasteiger partial charge in [0, 0.05) is 11.1 Å². The molecule has 0 amide bonds. The van der Waals surface area contributed by atoms with Crippen LogP contribution in [0.4, 0.5) is 0 Å². The predicted octanol–water partition coefficient (Wildman–Crippen LogP) is 8.70. The summed E-state index contributed by atoms with van der Waals surface area (Å²) in [7, 11) is 0. The van der Waals surface area contributed by atoms with Gasteiger partial charge in [-0.15, -0.1) is 0 Å². The van der Waals surface area contributed by atoms with Gasteiger partial charge in [0.05, 0.1) is 16.6 Å². The van der Waals surface area contributed by atoms with E-state index in [-0.39, 0.29) is 0 Å². The first-order valence-electron chi connectivity index (χ1n) is 12.5. The topological polar surface area (TPSA) is 30.7 Å². The highest BCUT2D eigenvalue weighted by molar-refractivity contribution is 6.09. The minimum atomic E-state index is 0.880. The van der Waals surface area contributed by atoms with Gasteiger partial charge in [0.2, 0.25) is 0 Å². The second-order valence-electron chi connectivity index (χ2n) is 9.51. The van der Waals surface area contributed by atoms with Crippen molar-refractivity contribution in [1.82, 2.24) is 14.5 Å². The summed E-state index contributed by atoms with van der Waals surface area (Å²) in [5.41, 5.74) is 8.12. The van der Waals surface area contributed by atoms with Gasteiger partial charge >= 0.3 is 0 Å². The Balaban J connectivity index is 1.33. The number of benzene rings is 6. The summed E-state index contributed by atoms with van der Waals surface area (Å²) in [5, 5.41) is 6.18. The molecule has 172 valence electrons. The van der Waals surface area contributed by atoms with Crippen LogP contribution >= 0.6 is 0 Å². The van der Waals surface area contributed by atoms with Gasteiger partial charge in [-0.1, -0.05) is 91.0 Å². The van der Waals surface area contributed by atoms with Gasteiger partial charge in [-0.25, -0.2) is 9.97 Å². The lowest BCUT2D eigenvalue weighted by Gasteiger charge is -2.09. The third kappa shape index (κ3) is 3.08. The summed E-state index contributed by atoms with van der Waals surface area (Å²) in [5.74, 6) is 0. The van der Waals surface area contributed by atoms with Crippen molar-refractivity contribution in [2.75, 3.05) is 0 Å². The van der Waals surface area contributed by atoms with Crippen LogP contribution in [-0.2, 0) is 0 Å². The molecule has 0 saturated carbocycles. The molecule has 0 aliphatic carbocycles. The fraction of sp³-hybridized carbons (Fsp3) is 0. The maximum absolute atomic E-state index is 5.16. The Labute approximate surface area is 213 Å². The summed E-state index contributed by atoms with van der Waals surface area (Å²) >= 11 is 0. The highest BCUT2D eigenvalue weighted by Crippen LogP contribution is 2.33. The lowest BCUT2D eigenvalue weighted by Crippen LogP contribution is -1.96. The normalized spacial score (nSPS) is 11.8. The molecule has 3 nitrogen and oxygen atoms in total. The van der Waals surface area contributed by atoms with Crippen LogP contribution in [0.25, 0.3) is 71.5 Å². The molecular formula is C34H21N3. The van der Waals surface area contributed by atoms with Crippen LogP contribution in [0.5, 0.6) is 0 Å². The molecule has 8 aromatic rings. The Bertz CT molecular complexity index is 2140. The molecule has 3 heteroatoms. The molecule has 6 aromatic carbocycles. The van der Waals surface area contributed by atoms with Crippen molar-refractivity contribution in [3.8, 4) is 16.8 Å². The second-order valence-corrected chi connectivity index (χ2v) is 9.51. The van der Waals surface area contributed by atoms with E-state index in [1.165, 1.54) is 27.1 Å². The molecule has 0 saturated heterocycles. The molecule has 2 heterocycles. The smallest absolute Gasteiger partial charge is 0.165 e. The summed E-state index contributed by atoms with van der Waals surface area (Å²) in [6.45, 7) is 0. The van der Waals surface area contributed by atoms with E-state index in [9.17, 15) is 0 Å². The van der Waals surface area contributed by atoms with Crippen molar-refractivity contribution >= 4 is 54.6 Å². The van der Waals surface area contributed by atoms with E-state index in [0.717, 1.165) is 44.4 Å². The van der Waals surface area contributed by atoms with E-state index >= 15 is 0 Å². The quantitative estimate of drug-likeness (QED) is 0.236. The Kier molecular flexibility index (Phi) is 4.23. The molecule has 0 atom stereocenters. The molecule has 37 heavy (non-hydrogen) atoms. The third-order valence-electron chi connectivity index (χ3n) is 7.35. The molecule has 0 aliphatic rings. The molecule has 0 unspecified atom stereocenters. The Hall–Kier alpha value is -5.02. The van der Waals surface area contributed by atoms with Gasteiger partial charge in [-0.2, -0.15) is 0 Å². The number of rotatable bonds is 2. The van der Waals surface area contributed by atoms with Crippen molar-refractivity contribution in [3.05, 3.63) is 127 Å². The van der Waals surface area contributed by atoms with Gasteiger partial charge < -0.3 is 0 Å². The van der Waals surface area contributed by atoms with Crippen LogP contribution in [0.1, 0.15) is 0 Å². The van der Waals surface area contributed by atoms with Crippen molar-refractivity contribution < 1.29 is 0 Å². The summed E-state index contributed by atoms with van der Waals surface area (Å²) in [6, 6.07) is 44.9. The van der Waals surface area contributed by atoms with Crippen LogP contribution in [-0.4, -0.2) is 14.5 Å². The number of para-hydroxylation sites is 2. The van der Waals surface area contributed by atoms with Crippen LogP contribution in [0.2, 0.25) is 0 Å². The SMILES string of the molecule is c1ccc(-n2c3ccccc3c3nc4cc(-c5ccc6c(ccc7ccccc76)c5)ccc4nc32)cc1. The van der Waals surface area contributed by atoms with E-state index in [4.69, 9.17) is 9.97 Å². The molecule has 0 N–H and O–H groups in total. The van der Waals surface area contributed by atoms with Gasteiger partial charge in [-0.3, -0.25) is 4.57 Å². The van der Waals surface area contributed by atoms with Crippen LogP contribution in [0.15, 0.2) is 127 Å². The van der Waals surface area contributed by atoms with E-state index in [0.29, 0.717) is 0 Å². The molecule has 0 spiro atoms. The van der Waals surface area contributed by atoms with Gasteiger partial charge in [0.15, 0.2) is 5.65 Å². The first-order chi connectivity index (χ1) is 18.3. The average molecular weight is 472 g/mol. The minimum absolute atomic E-state index is 0.880. The van der Waals surface area contributed by atoms with Crippen LogP contribution < -0.4 is 0 Å². The zero-order valence-corrected chi connectivity index (χ0v) is 20.0. The number of fused-ring (bicyclic) bond motifs is 7. The van der Waals surface area contributed by atoms with E-state index in [1.54, 1.807) is 0 Å². The highest BCUT2D eigenvalue weighted by Gasteiger charge is 2.16. The predicted molar refractivity (Wildman–Crippen MR) is 154 cm³/mol. The van der Waals surface area contributed by atoms with E-state index < -0.39 is 0 Å². The summed E-state index contributed by atoms with van der Waals surface area (Å²) in [6.07, 6.45) is 0. The molecule has 2 aromatic heterocycles. The molecule has 0 fully saturated rings. The molecule has 0 bridgehead atoms. The fourth-order valence-corrected chi connectivity index (χ4v) is 5.58. The number of hydrogen-bond donors (Lipinski definition) is 0. The molecular weight excluding hydrogens is 450 g/mol. The van der Waals surface area contributed by atoms with Crippen molar-refractivity contribution in [2.45, 2.75) is 0 Å². The maximum atomic E-state index is 5.16. The lowest BCUT2D eigenvalue weighted by molar-refractivity contribution is 1.14. The first kappa shape index (κ1) is 20.2. The standard InChI is InChI=1S/C34H21N3/c1-2-9-26(10-3-1)37-32-13-7-6-12-29(32)33-34(37)36-30-19-17-24(21-31(30)35-33)23-16-18-28-25(20-23)15-14-22-8-4-5-11-27(22)28/h1-21H. The Morgan fingerprint density at radius 1 is 0.459 bits per heavy atom. The summed E-state index contributed by atoms with van der Waals surface area (Å²) < 4.78 is 2.21. The Morgan fingerprint density at radius 2 is 1.16 bits per heavy atom. The van der Waals surface area contributed by atoms with Crippen molar-refractivity contribution in [2.24, 2.45) is 0 Å². The Morgan fingerprint density at radius 3 is 2.08 bits per heavy atom. The lowest BCUT2D eigenvalue weighted by atomic mass is 9.97. The number of hydrogen-bond acceptors (Lipinski definition) is 2. The molecule has 8 rings (SSSR count). The molecule has 0 radical (unpaired) electrons. The van der Waals surface area contributed by atoms with E-state index in [1.807, 2.05) is 6.07 Å². The minimum Gasteiger partial charge on any atom is -0.293 e. The van der Waals surface area contributed by atoms with Crippen molar-refractivity contribution in [1.29, 1.82) is 0 Å². The number of nitrogens with zero attached hydrogens (tertiary/aromatic N) is 3. The highest BCUT2D eigenvalue weighted by atomic mass is 15.1. The second kappa shape index (κ2) is 7.74. The van der Waals surface area contributed by atoms with Gasteiger partial charge in [0.25, 0.3) is 0 Å². The van der Waals surface area contributed by atoms with Gasteiger partial charge in [-0.05, 0) is 69.1 Å². The average Bonchev–Trinajstić information content (AvgIpc) is 3.29. The van der Waals surface area contributed by atoms with Crippen molar-refractivity contribution in [3.63, 3.8) is 0 Å². The largest absolute Gasteiger partial charge is 0.293 e. The van der Waals surface area contributed by atoms with E-state index in [2.05, 4.69) is 126 Å². The third-order valence-corrected chi connectivity index (χ3v) is 7.35. The maximum Gasteiger partial charge on any atom is 0.165 e.